The molecule has 0 aromatic rings. The normalized spacial score (nSPS) is 21.6. The van der Waals surface area contributed by atoms with Crippen molar-refractivity contribution in [2.24, 2.45) is 0 Å². The van der Waals surface area contributed by atoms with E-state index >= 15 is 0 Å². The SMILES string of the molecule is CNC(=O)CCN1CCCC(NC)C1=O. The molecule has 2 amide bonds. The predicted molar refractivity (Wildman–Crippen MR) is 57.3 cm³/mol. The third kappa shape index (κ3) is 3.20. The van der Waals surface area contributed by atoms with Gasteiger partial charge in [-0.25, -0.2) is 0 Å². The molecule has 1 rings (SSSR count). The first-order valence-corrected chi connectivity index (χ1v) is 5.35. The first-order valence-electron chi connectivity index (χ1n) is 5.35. The van der Waals surface area contributed by atoms with E-state index in [1.165, 1.54) is 0 Å². The van der Waals surface area contributed by atoms with Crippen LogP contribution in [0.1, 0.15) is 19.3 Å². The highest BCUT2D eigenvalue weighted by atomic mass is 16.2. The van der Waals surface area contributed by atoms with Gasteiger partial charge in [-0.3, -0.25) is 9.59 Å². The van der Waals surface area contributed by atoms with Crippen molar-refractivity contribution in [3.8, 4) is 0 Å². The van der Waals surface area contributed by atoms with Gasteiger partial charge in [-0.2, -0.15) is 0 Å². The monoisotopic (exact) mass is 213 g/mol. The van der Waals surface area contributed by atoms with E-state index in [-0.39, 0.29) is 17.9 Å². The highest BCUT2D eigenvalue weighted by molar-refractivity contribution is 5.83. The van der Waals surface area contributed by atoms with Crippen LogP contribution in [-0.4, -0.2) is 49.9 Å². The van der Waals surface area contributed by atoms with E-state index in [0.29, 0.717) is 13.0 Å². The molecular weight excluding hydrogens is 194 g/mol. The summed E-state index contributed by atoms with van der Waals surface area (Å²) in [6.07, 6.45) is 2.29. The number of likely N-dealkylation sites (tertiary alicyclic amines) is 1. The molecule has 1 saturated heterocycles. The molecule has 0 aliphatic carbocycles. The molecule has 1 fully saturated rings. The Balaban J connectivity index is 2.40. The highest BCUT2D eigenvalue weighted by Gasteiger charge is 2.27. The number of amides is 2. The summed E-state index contributed by atoms with van der Waals surface area (Å²) >= 11 is 0. The van der Waals surface area contributed by atoms with Gasteiger partial charge in [0.05, 0.1) is 6.04 Å². The van der Waals surface area contributed by atoms with Gasteiger partial charge in [0.15, 0.2) is 0 Å². The topological polar surface area (TPSA) is 61.4 Å². The molecule has 0 saturated carbocycles. The number of nitrogens with zero attached hydrogens (tertiary/aromatic N) is 1. The average molecular weight is 213 g/mol. The lowest BCUT2D eigenvalue weighted by Gasteiger charge is -2.31. The summed E-state index contributed by atoms with van der Waals surface area (Å²) in [6, 6.07) is -0.0663. The Morgan fingerprint density at radius 3 is 2.87 bits per heavy atom. The van der Waals surface area contributed by atoms with Crippen LogP contribution in [0.2, 0.25) is 0 Å². The third-order valence-electron chi connectivity index (χ3n) is 2.77. The number of hydrogen-bond acceptors (Lipinski definition) is 3. The number of carbonyl (C=O) groups is 2. The van der Waals surface area contributed by atoms with E-state index in [9.17, 15) is 9.59 Å². The fourth-order valence-electron chi connectivity index (χ4n) is 1.79. The Morgan fingerprint density at radius 1 is 1.53 bits per heavy atom. The first kappa shape index (κ1) is 12.0. The van der Waals surface area contributed by atoms with Crippen molar-refractivity contribution < 1.29 is 9.59 Å². The minimum absolute atomic E-state index is 0.0191. The van der Waals surface area contributed by atoms with E-state index in [1.54, 1.807) is 19.0 Å². The molecule has 0 bridgehead atoms. The Hall–Kier alpha value is -1.10. The summed E-state index contributed by atoms with van der Waals surface area (Å²) in [5.74, 6) is 0.0991. The Kier molecular flexibility index (Phi) is 4.55. The number of rotatable bonds is 4. The van der Waals surface area contributed by atoms with Gasteiger partial charge in [-0.1, -0.05) is 0 Å². The van der Waals surface area contributed by atoms with E-state index in [1.807, 2.05) is 0 Å². The molecule has 0 aromatic heterocycles. The number of piperidine rings is 1. The Bertz CT molecular complexity index is 243. The van der Waals surface area contributed by atoms with E-state index < -0.39 is 0 Å². The van der Waals surface area contributed by atoms with Crippen LogP contribution in [0.3, 0.4) is 0 Å². The van der Waals surface area contributed by atoms with Crippen LogP contribution in [0.15, 0.2) is 0 Å². The molecule has 1 aliphatic rings. The zero-order valence-electron chi connectivity index (χ0n) is 9.38. The summed E-state index contributed by atoms with van der Waals surface area (Å²) < 4.78 is 0. The van der Waals surface area contributed by atoms with Gasteiger partial charge in [-0.15, -0.1) is 0 Å². The lowest BCUT2D eigenvalue weighted by Crippen LogP contribution is -2.50. The number of carbonyl (C=O) groups excluding carboxylic acids is 2. The van der Waals surface area contributed by atoms with Gasteiger partial charge < -0.3 is 15.5 Å². The molecule has 0 aromatic carbocycles. The van der Waals surface area contributed by atoms with Crippen molar-refractivity contribution in [1.29, 1.82) is 0 Å². The highest BCUT2D eigenvalue weighted by Crippen LogP contribution is 2.11. The molecule has 0 spiro atoms. The maximum Gasteiger partial charge on any atom is 0.239 e. The smallest absolute Gasteiger partial charge is 0.239 e. The van der Waals surface area contributed by atoms with Crippen LogP contribution in [0.4, 0.5) is 0 Å². The van der Waals surface area contributed by atoms with Crippen molar-refractivity contribution in [1.82, 2.24) is 15.5 Å². The standard InChI is InChI=1S/C10H19N3O2/c1-11-8-4-3-6-13(10(8)15)7-5-9(14)12-2/h8,11H,3-7H2,1-2H3,(H,12,14). The van der Waals surface area contributed by atoms with Crippen molar-refractivity contribution >= 4 is 11.8 Å². The largest absolute Gasteiger partial charge is 0.359 e. The van der Waals surface area contributed by atoms with Crippen molar-refractivity contribution in [3.05, 3.63) is 0 Å². The summed E-state index contributed by atoms with van der Waals surface area (Å²) in [7, 11) is 3.40. The summed E-state index contributed by atoms with van der Waals surface area (Å²) in [5, 5.41) is 5.55. The quantitative estimate of drug-likeness (QED) is 0.651. The van der Waals surface area contributed by atoms with Gasteiger partial charge in [-0.05, 0) is 19.9 Å². The maximum atomic E-state index is 11.8. The molecule has 1 aliphatic heterocycles. The first-order chi connectivity index (χ1) is 7.19. The zero-order valence-corrected chi connectivity index (χ0v) is 9.38. The molecular formula is C10H19N3O2. The van der Waals surface area contributed by atoms with Crippen molar-refractivity contribution in [2.45, 2.75) is 25.3 Å². The van der Waals surface area contributed by atoms with E-state index in [0.717, 1.165) is 19.4 Å². The molecule has 5 heteroatoms. The van der Waals surface area contributed by atoms with Crippen molar-refractivity contribution in [2.75, 3.05) is 27.2 Å². The van der Waals surface area contributed by atoms with Gasteiger partial charge in [0.25, 0.3) is 0 Å². The second-order valence-corrected chi connectivity index (χ2v) is 3.73. The third-order valence-corrected chi connectivity index (χ3v) is 2.77. The molecule has 5 nitrogen and oxygen atoms in total. The second kappa shape index (κ2) is 5.70. The molecule has 15 heavy (non-hydrogen) atoms. The lowest BCUT2D eigenvalue weighted by molar-refractivity contribution is -0.136. The van der Waals surface area contributed by atoms with Gasteiger partial charge in [0, 0.05) is 26.6 Å². The second-order valence-electron chi connectivity index (χ2n) is 3.73. The number of hydrogen-bond donors (Lipinski definition) is 2. The van der Waals surface area contributed by atoms with Crippen LogP contribution in [0, 0.1) is 0 Å². The maximum absolute atomic E-state index is 11.8. The van der Waals surface area contributed by atoms with E-state index in [4.69, 9.17) is 0 Å². The summed E-state index contributed by atoms with van der Waals surface area (Å²) in [5.41, 5.74) is 0. The zero-order chi connectivity index (χ0) is 11.3. The Labute approximate surface area is 90.2 Å². The van der Waals surface area contributed by atoms with Crippen LogP contribution in [-0.2, 0) is 9.59 Å². The number of nitrogens with one attached hydrogen (secondary N) is 2. The molecule has 1 heterocycles. The molecule has 86 valence electrons. The van der Waals surface area contributed by atoms with Gasteiger partial charge in [0.2, 0.25) is 11.8 Å². The minimum Gasteiger partial charge on any atom is -0.359 e. The molecule has 2 N–H and O–H groups in total. The van der Waals surface area contributed by atoms with Crippen LogP contribution in [0.25, 0.3) is 0 Å². The molecule has 1 unspecified atom stereocenters. The van der Waals surface area contributed by atoms with Crippen LogP contribution >= 0.6 is 0 Å². The molecule has 1 atom stereocenters. The lowest BCUT2D eigenvalue weighted by atomic mass is 10.0. The van der Waals surface area contributed by atoms with Gasteiger partial charge >= 0.3 is 0 Å². The summed E-state index contributed by atoms with van der Waals surface area (Å²) in [4.78, 5) is 24.6. The predicted octanol–water partition coefficient (Wildman–Crippen LogP) is -0.667. The minimum atomic E-state index is -0.0663. The number of likely N-dealkylation sites (N-methyl/N-ethyl adjacent to an activating group) is 1. The fraction of sp³-hybridized carbons (Fsp3) is 0.800. The van der Waals surface area contributed by atoms with Crippen LogP contribution in [0.5, 0.6) is 0 Å². The van der Waals surface area contributed by atoms with E-state index in [2.05, 4.69) is 10.6 Å². The van der Waals surface area contributed by atoms with Gasteiger partial charge in [0.1, 0.15) is 0 Å². The average Bonchev–Trinajstić information content (AvgIpc) is 2.27. The fourth-order valence-corrected chi connectivity index (χ4v) is 1.79. The van der Waals surface area contributed by atoms with Crippen LogP contribution < -0.4 is 10.6 Å². The molecule has 0 radical (unpaired) electrons. The summed E-state index contributed by atoms with van der Waals surface area (Å²) in [6.45, 7) is 1.30. The Morgan fingerprint density at radius 2 is 2.27 bits per heavy atom. The van der Waals surface area contributed by atoms with Crippen molar-refractivity contribution in [3.63, 3.8) is 0 Å².